The van der Waals surface area contributed by atoms with Crippen molar-refractivity contribution in [3.05, 3.63) is 5.01 Å². The fourth-order valence-corrected chi connectivity index (χ4v) is 1.12. The van der Waals surface area contributed by atoms with E-state index in [1.165, 1.54) is 0 Å². The largest absolute Gasteiger partial charge is 0.468 e. The second-order valence-corrected chi connectivity index (χ2v) is 2.95. The minimum Gasteiger partial charge on any atom is -0.468 e. The molecule has 1 aromatic rings. The van der Waals surface area contributed by atoms with E-state index in [1.807, 2.05) is 0 Å². The Labute approximate surface area is 75.5 Å². The maximum absolute atomic E-state index is 12.0. The van der Waals surface area contributed by atoms with Gasteiger partial charge in [0.1, 0.15) is 6.61 Å². The molecule has 1 aromatic heterocycles. The van der Waals surface area contributed by atoms with Gasteiger partial charge >= 0.3 is 6.18 Å². The molecule has 0 aliphatic carbocycles. The van der Waals surface area contributed by atoms with Gasteiger partial charge in [-0.1, -0.05) is 16.4 Å². The SMILES string of the molecule is NCCOc1nnc(C(F)(F)F)s1. The smallest absolute Gasteiger partial charge is 0.445 e. The fourth-order valence-electron chi connectivity index (χ4n) is 0.529. The van der Waals surface area contributed by atoms with E-state index in [4.69, 9.17) is 10.5 Å². The van der Waals surface area contributed by atoms with Gasteiger partial charge in [-0.2, -0.15) is 13.2 Å². The first kappa shape index (κ1) is 10.2. The quantitative estimate of drug-likeness (QED) is 0.810. The maximum atomic E-state index is 12.0. The zero-order valence-corrected chi connectivity index (χ0v) is 7.15. The molecule has 0 spiro atoms. The van der Waals surface area contributed by atoms with Gasteiger partial charge in [0.25, 0.3) is 5.19 Å². The van der Waals surface area contributed by atoms with Crippen molar-refractivity contribution in [1.82, 2.24) is 10.2 Å². The second-order valence-electron chi connectivity index (χ2n) is 2.01. The molecule has 0 amide bonds. The van der Waals surface area contributed by atoms with Crippen molar-refractivity contribution in [3.63, 3.8) is 0 Å². The standard InChI is InChI=1S/C5H6F3N3OS/c6-5(7,8)3-10-11-4(13-3)12-2-1-9/h1-2,9H2. The zero-order chi connectivity index (χ0) is 9.90. The van der Waals surface area contributed by atoms with E-state index in [1.54, 1.807) is 0 Å². The number of aromatic nitrogens is 2. The molecule has 13 heavy (non-hydrogen) atoms. The molecule has 0 aliphatic rings. The number of nitrogens with zero attached hydrogens (tertiary/aromatic N) is 2. The number of halogens is 3. The molecule has 4 nitrogen and oxygen atoms in total. The van der Waals surface area contributed by atoms with Crippen LogP contribution < -0.4 is 10.5 Å². The monoisotopic (exact) mass is 213 g/mol. The first-order valence-corrected chi connectivity index (χ1v) is 4.09. The van der Waals surface area contributed by atoms with E-state index in [2.05, 4.69) is 10.2 Å². The van der Waals surface area contributed by atoms with Gasteiger partial charge in [0.2, 0.25) is 5.01 Å². The summed E-state index contributed by atoms with van der Waals surface area (Å²) in [5, 5.41) is 4.98. The van der Waals surface area contributed by atoms with Crippen LogP contribution >= 0.6 is 11.3 Å². The molecule has 0 saturated heterocycles. The molecule has 0 bridgehead atoms. The van der Waals surface area contributed by atoms with E-state index >= 15 is 0 Å². The fraction of sp³-hybridized carbons (Fsp3) is 0.600. The van der Waals surface area contributed by atoms with Crippen LogP contribution in [-0.2, 0) is 6.18 Å². The van der Waals surface area contributed by atoms with Gasteiger partial charge in [0.05, 0.1) is 0 Å². The summed E-state index contributed by atoms with van der Waals surface area (Å²) in [5.74, 6) is 0. The Morgan fingerprint density at radius 1 is 1.38 bits per heavy atom. The molecule has 0 radical (unpaired) electrons. The first-order valence-electron chi connectivity index (χ1n) is 3.27. The predicted octanol–water partition coefficient (Wildman–Crippen LogP) is 0.894. The van der Waals surface area contributed by atoms with E-state index in [0.717, 1.165) is 0 Å². The molecule has 2 N–H and O–H groups in total. The lowest BCUT2D eigenvalue weighted by molar-refractivity contribution is -0.138. The molecule has 0 aliphatic heterocycles. The second kappa shape index (κ2) is 3.88. The molecule has 1 rings (SSSR count). The van der Waals surface area contributed by atoms with Crippen molar-refractivity contribution in [2.75, 3.05) is 13.2 Å². The molecule has 0 aromatic carbocycles. The summed E-state index contributed by atoms with van der Waals surface area (Å²) >= 11 is 0.355. The maximum Gasteiger partial charge on any atom is 0.445 e. The van der Waals surface area contributed by atoms with Gasteiger partial charge in [0.15, 0.2) is 0 Å². The highest BCUT2D eigenvalue weighted by atomic mass is 32.1. The van der Waals surface area contributed by atoms with Crippen molar-refractivity contribution < 1.29 is 17.9 Å². The van der Waals surface area contributed by atoms with Crippen LogP contribution in [0.4, 0.5) is 13.2 Å². The molecule has 0 saturated carbocycles. The summed E-state index contributed by atoms with van der Waals surface area (Å²) in [5.41, 5.74) is 5.08. The Morgan fingerprint density at radius 2 is 2.08 bits per heavy atom. The van der Waals surface area contributed by atoms with E-state index in [-0.39, 0.29) is 18.3 Å². The average molecular weight is 213 g/mol. The van der Waals surface area contributed by atoms with E-state index in [9.17, 15) is 13.2 Å². The van der Waals surface area contributed by atoms with Gasteiger partial charge in [-0.05, 0) is 0 Å². The lowest BCUT2D eigenvalue weighted by Gasteiger charge is -1.98. The van der Waals surface area contributed by atoms with Gasteiger partial charge in [-0.15, -0.1) is 5.10 Å². The van der Waals surface area contributed by atoms with Crippen LogP contribution in [0.3, 0.4) is 0 Å². The van der Waals surface area contributed by atoms with Crippen LogP contribution in [0.5, 0.6) is 5.19 Å². The van der Waals surface area contributed by atoms with Crippen molar-refractivity contribution in [2.24, 2.45) is 5.73 Å². The van der Waals surface area contributed by atoms with Gasteiger partial charge < -0.3 is 10.5 Å². The zero-order valence-electron chi connectivity index (χ0n) is 6.34. The Morgan fingerprint density at radius 3 is 2.54 bits per heavy atom. The van der Waals surface area contributed by atoms with Gasteiger partial charge in [0, 0.05) is 6.54 Å². The van der Waals surface area contributed by atoms with Crippen molar-refractivity contribution >= 4 is 11.3 Å². The molecule has 0 fully saturated rings. The summed E-state index contributed by atoms with van der Waals surface area (Å²) in [4.78, 5) is 0. The van der Waals surface area contributed by atoms with Crippen molar-refractivity contribution in [2.45, 2.75) is 6.18 Å². The highest BCUT2D eigenvalue weighted by molar-refractivity contribution is 7.13. The molecule has 0 unspecified atom stereocenters. The van der Waals surface area contributed by atoms with Crippen LogP contribution in [0.15, 0.2) is 0 Å². The third-order valence-electron chi connectivity index (χ3n) is 0.992. The van der Waals surface area contributed by atoms with Crippen molar-refractivity contribution in [1.29, 1.82) is 0 Å². The summed E-state index contributed by atoms with van der Waals surface area (Å²) < 4.78 is 40.6. The van der Waals surface area contributed by atoms with Crippen molar-refractivity contribution in [3.8, 4) is 5.19 Å². The highest BCUT2D eigenvalue weighted by Gasteiger charge is 2.35. The van der Waals surface area contributed by atoms with Crippen LogP contribution in [0.1, 0.15) is 5.01 Å². The summed E-state index contributed by atoms with van der Waals surface area (Å²) in [6.45, 7) is 0.355. The Bertz CT molecular complexity index is 274. The van der Waals surface area contributed by atoms with Crippen LogP contribution in [0.25, 0.3) is 0 Å². The normalized spacial score (nSPS) is 11.7. The Balaban J connectivity index is 2.64. The van der Waals surface area contributed by atoms with Crippen LogP contribution in [0.2, 0.25) is 0 Å². The van der Waals surface area contributed by atoms with E-state index < -0.39 is 11.2 Å². The molecular weight excluding hydrogens is 207 g/mol. The van der Waals surface area contributed by atoms with Crippen LogP contribution in [0, 0.1) is 0 Å². The molecular formula is C5H6F3N3OS. The van der Waals surface area contributed by atoms with Crippen LogP contribution in [-0.4, -0.2) is 23.3 Å². The number of rotatable bonds is 3. The third-order valence-corrected chi connectivity index (χ3v) is 1.87. The summed E-state index contributed by atoms with van der Waals surface area (Å²) in [6.07, 6.45) is -4.46. The molecule has 1 heterocycles. The molecule has 74 valence electrons. The summed E-state index contributed by atoms with van der Waals surface area (Å²) in [7, 11) is 0. The van der Waals surface area contributed by atoms with E-state index in [0.29, 0.717) is 11.3 Å². The number of alkyl halides is 3. The number of hydrogen-bond acceptors (Lipinski definition) is 5. The highest BCUT2D eigenvalue weighted by Crippen LogP contribution is 2.33. The molecule has 8 heteroatoms. The number of hydrogen-bond donors (Lipinski definition) is 1. The number of ether oxygens (including phenoxy) is 1. The summed E-state index contributed by atoms with van der Waals surface area (Å²) in [6, 6.07) is 0. The lowest BCUT2D eigenvalue weighted by atomic mass is 10.7. The van der Waals surface area contributed by atoms with Gasteiger partial charge in [-0.25, -0.2) is 0 Å². The Kier molecular flexibility index (Phi) is 3.04. The first-order chi connectivity index (χ1) is 6.04. The topological polar surface area (TPSA) is 61.0 Å². The molecule has 0 atom stereocenters. The lowest BCUT2D eigenvalue weighted by Crippen LogP contribution is -2.10. The minimum absolute atomic E-state index is 0.113. The predicted molar refractivity (Wildman–Crippen MR) is 39.5 cm³/mol. The minimum atomic E-state index is -4.46. The third kappa shape index (κ3) is 2.81. The Hall–Kier alpha value is -0.890. The average Bonchev–Trinajstić information content (AvgIpc) is 2.47. The number of nitrogens with two attached hydrogens (primary N) is 1. The van der Waals surface area contributed by atoms with Gasteiger partial charge in [-0.3, -0.25) is 0 Å².